The van der Waals surface area contributed by atoms with Crippen LogP contribution in [0, 0.1) is 0 Å². The summed E-state index contributed by atoms with van der Waals surface area (Å²) in [7, 11) is 0. The molecule has 0 spiro atoms. The van der Waals surface area contributed by atoms with Crippen LogP contribution in [0.4, 0.5) is 0 Å². The van der Waals surface area contributed by atoms with Gasteiger partial charge in [0.25, 0.3) is 0 Å². The van der Waals surface area contributed by atoms with E-state index in [4.69, 9.17) is 0 Å². The fourth-order valence-corrected chi connectivity index (χ4v) is 3.11. The summed E-state index contributed by atoms with van der Waals surface area (Å²) in [4.78, 5) is 1.77. The van der Waals surface area contributed by atoms with Crippen molar-refractivity contribution in [3.8, 4) is 0 Å². The molecule has 0 atom stereocenters. The summed E-state index contributed by atoms with van der Waals surface area (Å²) in [6, 6.07) is 0. The van der Waals surface area contributed by atoms with E-state index in [1.54, 1.807) is 4.80 Å². The van der Waals surface area contributed by atoms with E-state index in [1.165, 1.54) is 5.69 Å². The van der Waals surface area contributed by atoms with Gasteiger partial charge in [-0.3, -0.25) is 0 Å². The van der Waals surface area contributed by atoms with Gasteiger partial charge in [0.15, 0.2) is 0 Å². The first-order valence-corrected chi connectivity index (χ1v) is 13.9. The fraction of sp³-hybridized carbons (Fsp3) is 0.800. The number of hydrogen-bond acceptors (Lipinski definition) is 6. The Morgan fingerprint density at radius 2 is 1.05 bits per heavy atom. The van der Waals surface area contributed by atoms with Crippen molar-refractivity contribution in [2.24, 2.45) is 0 Å². The van der Waals surface area contributed by atoms with Crippen molar-refractivity contribution in [1.29, 1.82) is 0 Å². The second-order valence-electron chi connectivity index (χ2n) is 16.4. The van der Waals surface area contributed by atoms with E-state index in [1.807, 2.05) is 28.0 Å². The molecule has 0 N–H and O–H groups in total. The van der Waals surface area contributed by atoms with E-state index < -0.39 is 0 Å². The van der Waals surface area contributed by atoms with Crippen molar-refractivity contribution in [3.05, 3.63) is 35.7 Å². The Hall–Kier alpha value is -2.58. The number of rotatable bonds is 0. The topological polar surface area (TPSA) is 92.1 Å². The molecule has 3 heterocycles. The Morgan fingerprint density at radius 1 is 0.538 bits per heavy atom. The molecule has 3 aromatic heterocycles. The van der Waals surface area contributed by atoms with Crippen LogP contribution in [-0.4, -0.2) is 45.0 Å². The highest BCUT2D eigenvalue weighted by Crippen LogP contribution is 2.25. The van der Waals surface area contributed by atoms with Gasteiger partial charge in [0.2, 0.25) is 0 Å². The third-order valence-electron chi connectivity index (χ3n) is 5.76. The molecule has 0 aromatic carbocycles. The molecule has 0 aliphatic rings. The first-order valence-electron chi connectivity index (χ1n) is 13.9. The van der Waals surface area contributed by atoms with E-state index in [-0.39, 0.29) is 32.9 Å². The van der Waals surface area contributed by atoms with Crippen LogP contribution in [-0.2, 0) is 32.9 Å². The summed E-state index contributed by atoms with van der Waals surface area (Å²) in [5, 5.41) is 25.1. The van der Waals surface area contributed by atoms with Crippen LogP contribution in [0.25, 0.3) is 0 Å². The van der Waals surface area contributed by atoms with E-state index in [0.29, 0.717) is 0 Å². The molecule has 0 bridgehead atoms. The van der Waals surface area contributed by atoms with Crippen LogP contribution in [0.1, 0.15) is 142 Å². The maximum Gasteiger partial charge on any atom is 0.0880 e. The van der Waals surface area contributed by atoms with Crippen molar-refractivity contribution in [3.63, 3.8) is 0 Å². The lowest BCUT2D eigenvalue weighted by Gasteiger charge is -2.27. The molecule has 0 saturated heterocycles. The summed E-state index contributed by atoms with van der Waals surface area (Å²) in [6.07, 6.45) is 5.73. The minimum Gasteiger partial charge on any atom is -0.247 e. The van der Waals surface area contributed by atoms with Crippen molar-refractivity contribution in [1.82, 2.24) is 45.0 Å². The molecule has 0 radical (unpaired) electrons. The zero-order valence-corrected chi connectivity index (χ0v) is 28.3. The molecule has 0 amide bonds. The van der Waals surface area contributed by atoms with Gasteiger partial charge >= 0.3 is 0 Å². The lowest BCUT2D eigenvalue weighted by Crippen LogP contribution is -2.30. The summed E-state index contributed by atoms with van der Waals surface area (Å²) in [6.45, 7) is 38.4. The van der Waals surface area contributed by atoms with Crippen LogP contribution in [0.15, 0.2) is 18.6 Å². The van der Waals surface area contributed by atoms with E-state index in [0.717, 1.165) is 11.4 Å². The Bertz CT molecular complexity index is 1010. The van der Waals surface area contributed by atoms with Gasteiger partial charge in [-0.15, -0.1) is 10.2 Å². The summed E-state index contributed by atoms with van der Waals surface area (Å²) >= 11 is 0. The minimum absolute atomic E-state index is 0.0130. The Labute approximate surface area is 238 Å². The largest absolute Gasteiger partial charge is 0.247 e. The van der Waals surface area contributed by atoms with Crippen LogP contribution < -0.4 is 0 Å². The molecule has 9 heteroatoms. The Kier molecular flexibility index (Phi) is 10.2. The number of hydrogen-bond donors (Lipinski definition) is 0. The summed E-state index contributed by atoms with van der Waals surface area (Å²) in [5.74, 6) is 0. The van der Waals surface area contributed by atoms with Crippen molar-refractivity contribution < 1.29 is 0 Å². The quantitative estimate of drug-likeness (QED) is 0.303. The average molecular weight is 544 g/mol. The minimum atomic E-state index is -0.0243. The third kappa shape index (κ3) is 10.5. The molecule has 0 aliphatic heterocycles. The molecule has 3 aromatic rings. The smallest absolute Gasteiger partial charge is 0.0880 e. The summed E-state index contributed by atoms with van der Waals surface area (Å²) in [5.41, 5.74) is 3.56. The molecular weight excluding hydrogens is 486 g/mol. The predicted octanol–water partition coefficient (Wildman–Crippen LogP) is 6.99. The van der Waals surface area contributed by atoms with Gasteiger partial charge in [0, 0.05) is 22.4 Å². The molecule has 39 heavy (non-hydrogen) atoms. The molecule has 0 aliphatic carbocycles. The lowest BCUT2D eigenvalue weighted by molar-refractivity contribution is 0.308. The lowest BCUT2D eigenvalue weighted by atomic mass is 9.91. The standard InChI is InChI=1S/3C10H19N3/c1-9(2,3)8-7-13(12-11-8)10(4,5)6;1-9(2,3)8-7-11-12-13(8)10(4,5)6;1-9(2,3)8-7-11-13(12-8)10(4,5)6/h3*7H,1-6H3. The van der Waals surface area contributed by atoms with Crippen molar-refractivity contribution in [2.45, 2.75) is 157 Å². The molecule has 0 unspecified atom stereocenters. The third-order valence-corrected chi connectivity index (χ3v) is 5.76. The molecule has 9 nitrogen and oxygen atoms in total. The first kappa shape index (κ1) is 34.4. The van der Waals surface area contributed by atoms with Crippen molar-refractivity contribution >= 4 is 0 Å². The fourth-order valence-electron chi connectivity index (χ4n) is 3.11. The van der Waals surface area contributed by atoms with Crippen molar-refractivity contribution in [2.75, 3.05) is 0 Å². The molecule has 0 fully saturated rings. The highest BCUT2D eigenvalue weighted by atomic mass is 15.5. The molecule has 3 rings (SSSR count). The highest BCUT2D eigenvalue weighted by Gasteiger charge is 2.26. The number of nitrogens with zero attached hydrogens (tertiary/aromatic N) is 9. The second kappa shape index (κ2) is 11.5. The number of aromatic nitrogens is 9. The van der Waals surface area contributed by atoms with E-state index >= 15 is 0 Å². The normalized spacial score (nSPS) is 13.4. The maximum absolute atomic E-state index is 4.46. The predicted molar refractivity (Wildman–Crippen MR) is 161 cm³/mol. The molecular formula is C30H57N9. The molecule has 222 valence electrons. The van der Waals surface area contributed by atoms with Crippen LogP contribution >= 0.6 is 0 Å². The first-order chi connectivity index (χ1) is 17.1. The van der Waals surface area contributed by atoms with E-state index in [2.05, 4.69) is 155 Å². The van der Waals surface area contributed by atoms with E-state index in [9.17, 15) is 0 Å². The van der Waals surface area contributed by atoms with Crippen LogP contribution in [0.2, 0.25) is 0 Å². The van der Waals surface area contributed by atoms with Gasteiger partial charge in [0.05, 0.1) is 46.1 Å². The maximum atomic E-state index is 4.46. The van der Waals surface area contributed by atoms with Gasteiger partial charge in [-0.1, -0.05) is 72.7 Å². The van der Waals surface area contributed by atoms with Gasteiger partial charge in [-0.2, -0.15) is 15.0 Å². The zero-order valence-electron chi connectivity index (χ0n) is 28.3. The van der Waals surface area contributed by atoms with Crippen LogP contribution in [0.3, 0.4) is 0 Å². The van der Waals surface area contributed by atoms with Gasteiger partial charge < -0.3 is 0 Å². The van der Waals surface area contributed by atoms with Gasteiger partial charge in [-0.25, -0.2) is 9.36 Å². The highest BCUT2D eigenvalue weighted by molar-refractivity contribution is 5.10. The van der Waals surface area contributed by atoms with Gasteiger partial charge in [-0.05, 0) is 62.3 Å². The average Bonchev–Trinajstić information content (AvgIpc) is 3.45. The Morgan fingerprint density at radius 3 is 1.31 bits per heavy atom. The Balaban J connectivity index is 0.000000292. The monoisotopic (exact) mass is 543 g/mol. The molecule has 0 saturated carbocycles. The second-order valence-corrected chi connectivity index (χ2v) is 16.4. The zero-order chi connectivity index (χ0) is 30.8. The summed E-state index contributed by atoms with van der Waals surface area (Å²) < 4.78 is 3.90. The SMILES string of the molecule is CC(C)(C)c1cn(C(C)(C)C)nn1.CC(C)(C)c1cnn(C(C)(C)C)n1.CC(C)(C)c1cnnn1C(C)(C)C. The van der Waals surface area contributed by atoms with Gasteiger partial charge in [0.1, 0.15) is 0 Å². The van der Waals surface area contributed by atoms with Crippen LogP contribution in [0.5, 0.6) is 0 Å².